The average molecular weight is 263 g/mol. The summed E-state index contributed by atoms with van der Waals surface area (Å²) in [5.41, 5.74) is 1.28. The summed E-state index contributed by atoms with van der Waals surface area (Å²) in [5.74, 6) is 0. The van der Waals surface area contributed by atoms with Gasteiger partial charge in [0.25, 0.3) is 0 Å². The molecule has 1 aromatic carbocycles. The predicted octanol–water partition coefficient (Wildman–Crippen LogP) is 0.327. The van der Waals surface area contributed by atoms with E-state index in [9.17, 15) is 0 Å². The van der Waals surface area contributed by atoms with E-state index >= 15 is 0 Å². The van der Waals surface area contributed by atoms with Gasteiger partial charge >= 0.3 is 23.1 Å². The van der Waals surface area contributed by atoms with Gasteiger partial charge in [-0.1, -0.05) is 48.9 Å². The fraction of sp³-hybridized carbons (Fsp3) is 0.250. The van der Waals surface area contributed by atoms with Crippen LogP contribution in [-0.4, -0.2) is 23.1 Å². The molecule has 0 aliphatic rings. The molecule has 1 rings (SSSR count). The molecule has 0 radical (unpaired) electrons. The Morgan fingerprint density at radius 2 is 1.79 bits per heavy atom. The Bertz CT molecular complexity index is 231. The zero-order valence-corrected chi connectivity index (χ0v) is 11.5. The van der Waals surface area contributed by atoms with Crippen molar-refractivity contribution in [2.75, 3.05) is 0 Å². The number of rotatable bonds is 4. The number of halogens is 1. The van der Waals surface area contributed by atoms with Gasteiger partial charge in [-0.2, -0.15) is 6.42 Å². The van der Waals surface area contributed by atoms with E-state index in [0.717, 1.165) is 12.8 Å². The molecule has 0 bridgehead atoms. The summed E-state index contributed by atoms with van der Waals surface area (Å²) >= 11 is 0. The molecule has 72 valence electrons. The van der Waals surface area contributed by atoms with Crippen LogP contribution in [0.15, 0.2) is 36.4 Å². The molecule has 0 fully saturated rings. The van der Waals surface area contributed by atoms with Gasteiger partial charge in [-0.3, -0.25) is 0 Å². The van der Waals surface area contributed by atoms with Crippen molar-refractivity contribution in [2.45, 2.75) is 19.3 Å². The maximum absolute atomic E-state index is 3.80. The Morgan fingerprint density at radius 3 is 2.36 bits per heavy atom. The predicted molar refractivity (Wildman–Crippen MR) is 60.4 cm³/mol. The summed E-state index contributed by atoms with van der Waals surface area (Å²) in [6.07, 6.45) is 7.72. The first-order chi connectivity index (χ1) is 5.93. The number of hydrogen-bond acceptors (Lipinski definition) is 0. The van der Waals surface area contributed by atoms with Crippen molar-refractivity contribution >= 4 is 29.1 Å². The standard InChI is InChI=1S/C12H15.BrH.Mg/c1-2-3-4-6-9-12-10-7-5-8-11-12;;/h5-11H,1-4H2;1H;/q-1;;+2/p-1/b9-6+;;. The molecule has 0 nitrogen and oxygen atoms in total. The second kappa shape index (κ2) is 11.3. The third-order valence-corrected chi connectivity index (χ3v) is 1.73. The monoisotopic (exact) mass is 262 g/mol. The molecule has 0 atom stereocenters. The van der Waals surface area contributed by atoms with Crippen molar-refractivity contribution in [3.63, 3.8) is 0 Å². The van der Waals surface area contributed by atoms with E-state index in [1.807, 2.05) is 6.07 Å². The summed E-state index contributed by atoms with van der Waals surface area (Å²) < 4.78 is 0. The molecular weight excluding hydrogens is 248 g/mol. The third kappa shape index (κ3) is 7.60. The fourth-order valence-corrected chi connectivity index (χ4v) is 1.05. The fourth-order valence-electron chi connectivity index (χ4n) is 1.05. The summed E-state index contributed by atoms with van der Waals surface area (Å²) in [6.45, 7) is 3.80. The zero-order valence-electron chi connectivity index (χ0n) is 8.45. The van der Waals surface area contributed by atoms with Crippen LogP contribution in [0.1, 0.15) is 24.8 Å². The van der Waals surface area contributed by atoms with E-state index in [0.29, 0.717) is 0 Å². The van der Waals surface area contributed by atoms with Crippen LogP contribution in [-0.2, 0) is 0 Å². The maximum Gasteiger partial charge on any atom is 2.00 e. The van der Waals surface area contributed by atoms with Gasteiger partial charge in [0, 0.05) is 0 Å². The molecular formula is C12H15BrMg. The van der Waals surface area contributed by atoms with Gasteiger partial charge in [-0.05, 0) is 12.0 Å². The Hall–Kier alpha value is 0.206. The van der Waals surface area contributed by atoms with E-state index in [2.05, 4.69) is 43.3 Å². The van der Waals surface area contributed by atoms with Crippen molar-refractivity contribution in [3.05, 3.63) is 48.9 Å². The van der Waals surface area contributed by atoms with Gasteiger partial charge in [0.1, 0.15) is 0 Å². The van der Waals surface area contributed by atoms with Crippen molar-refractivity contribution in [1.82, 2.24) is 0 Å². The van der Waals surface area contributed by atoms with Crippen LogP contribution in [0, 0.1) is 6.92 Å². The molecule has 14 heavy (non-hydrogen) atoms. The van der Waals surface area contributed by atoms with Crippen LogP contribution in [0.5, 0.6) is 0 Å². The molecule has 0 saturated carbocycles. The third-order valence-electron chi connectivity index (χ3n) is 1.73. The molecule has 0 aliphatic heterocycles. The molecule has 0 N–H and O–H groups in total. The molecule has 2 heteroatoms. The first-order valence-electron chi connectivity index (χ1n) is 4.44. The minimum atomic E-state index is 0. The second-order valence-electron chi connectivity index (χ2n) is 2.81. The second-order valence-corrected chi connectivity index (χ2v) is 2.81. The number of unbranched alkanes of at least 4 members (excludes halogenated alkanes) is 2. The summed E-state index contributed by atoms with van der Waals surface area (Å²) in [7, 11) is 0. The van der Waals surface area contributed by atoms with E-state index < -0.39 is 0 Å². The van der Waals surface area contributed by atoms with E-state index in [1.165, 1.54) is 12.0 Å². The van der Waals surface area contributed by atoms with Crippen LogP contribution < -0.4 is 17.0 Å². The van der Waals surface area contributed by atoms with Crippen LogP contribution >= 0.6 is 0 Å². The van der Waals surface area contributed by atoms with Crippen LogP contribution in [0.3, 0.4) is 0 Å². The van der Waals surface area contributed by atoms with Crippen LogP contribution in [0.2, 0.25) is 0 Å². The zero-order chi connectivity index (χ0) is 8.65. The van der Waals surface area contributed by atoms with Gasteiger partial charge in [0.2, 0.25) is 0 Å². The Balaban J connectivity index is 0. The Kier molecular flexibility index (Phi) is 13.4. The first-order valence-corrected chi connectivity index (χ1v) is 4.44. The quantitative estimate of drug-likeness (QED) is 0.417. The molecule has 0 heterocycles. The molecule has 0 aromatic heterocycles. The topological polar surface area (TPSA) is 0 Å². The summed E-state index contributed by atoms with van der Waals surface area (Å²) in [4.78, 5) is 0. The SMILES string of the molecule is [Br-].[CH2-]CCC/C=C/c1ccccc1.[Mg+2]. The number of hydrogen-bond donors (Lipinski definition) is 0. The smallest absolute Gasteiger partial charge is 1.00 e. The van der Waals surface area contributed by atoms with Crippen molar-refractivity contribution in [2.24, 2.45) is 0 Å². The van der Waals surface area contributed by atoms with E-state index in [1.54, 1.807) is 0 Å². The molecule has 0 unspecified atom stereocenters. The van der Waals surface area contributed by atoms with Gasteiger partial charge in [0.15, 0.2) is 0 Å². The molecule has 0 spiro atoms. The molecule has 0 saturated heterocycles. The van der Waals surface area contributed by atoms with Gasteiger partial charge in [-0.15, -0.1) is 0 Å². The normalized spacial score (nSPS) is 9.21. The molecule has 0 aliphatic carbocycles. The Morgan fingerprint density at radius 1 is 1.14 bits per heavy atom. The number of benzene rings is 1. The van der Waals surface area contributed by atoms with Crippen LogP contribution in [0.25, 0.3) is 6.08 Å². The minimum absolute atomic E-state index is 0. The van der Waals surface area contributed by atoms with Gasteiger partial charge in [0.05, 0.1) is 0 Å². The number of allylic oxidation sites excluding steroid dienone is 1. The minimum Gasteiger partial charge on any atom is -1.00 e. The summed E-state index contributed by atoms with van der Waals surface area (Å²) in [6, 6.07) is 10.4. The largest absolute Gasteiger partial charge is 2.00 e. The molecule has 0 amide bonds. The first kappa shape index (κ1) is 16.6. The van der Waals surface area contributed by atoms with Gasteiger partial charge < -0.3 is 23.9 Å². The maximum atomic E-state index is 3.80. The van der Waals surface area contributed by atoms with E-state index in [4.69, 9.17) is 0 Å². The summed E-state index contributed by atoms with van der Waals surface area (Å²) in [5, 5.41) is 0. The average Bonchev–Trinajstić information content (AvgIpc) is 2.14. The van der Waals surface area contributed by atoms with Gasteiger partial charge in [-0.25, -0.2) is 0 Å². The molecule has 1 aromatic rings. The van der Waals surface area contributed by atoms with Crippen molar-refractivity contribution < 1.29 is 17.0 Å². The van der Waals surface area contributed by atoms with E-state index in [-0.39, 0.29) is 40.0 Å². The van der Waals surface area contributed by atoms with Crippen molar-refractivity contribution in [1.29, 1.82) is 0 Å². The Labute approximate surface area is 114 Å². The van der Waals surface area contributed by atoms with Crippen LogP contribution in [0.4, 0.5) is 0 Å². The van der Waals surface area contributed by atoms with Crippen molar-refractivity contribution in [3.8, 4) is 0 Å².